The first-order valence-corrected chi connectivity index (χ1v) is 6.57. The Morgan fingerprint density at radius 1 is 1.57 bits per heavy atom. The van der Waals surface area contributed by atoms with Crippen LogP contribution >= 0.6 is 27.7 Å². The zero-order valence-corrected chi connectivity index (χ0v) is 10.3. The minimum atomic E-state index is 0.101. The van der Waals surface area contributed by atoms with E-state index in [9.17, 15) is 4.79 Å². The molecular weight excluding hydrogens is 262 g/mol. The lowest BCUT2D eigenvalue weighted by Gasteiger charge is -2.08. The van der Waals surface area contributed by atoms with Gasteiger partial charge in [0.05, 0.1) is 5.56 Å². The Balaban J connectivity index is 3.10. The summed E-state index contributed by atoms with van der Waals surface area (Å²) in [6.07, 6.45) is 2.43. The second-order valence-electron chi connectivity index (χ2n) is 2.79. The highest BCUT2D eigenvalue weighted by Crippen LogP contribution is 2.26. The van der Waals surface area contributed by atoms with E-state index < -0.39 is 0 Å². The lowest BCUT2D eigenvalue weighted by atomic mass is 10.1. The molecule has 0 fully saturated rings. The quantitative estimate of drug-likeness (QED) is 0.397. The number of alkyl halides is 1. The topological polar surface area (TPSA) is 43.1 Å². The van der Waals surface area contributed by atoms with Gasteiger partial charge < -0.3 is 5.73 Å². The van der Waals surface area contributed by atoms with Crippen molar-refractivity contribution in [3.63, 3.8) is 0 Å². The number of carbonyl (C=O) groups excluding carboxylic acids is 1. The van der Waals surface area contributed by atoms with Gasteiger partial charge in [0.25, 0.3) is 0 Å². The molecule has 4 heteroatoms. The van der Waals surface area contributed by atoms with Crippen molar-refractivity contribution in [1.82, 2.24) is 0 Å². The summed E-state index contributed by atoms with van der Waals surface area (Å²) in [5, 5.41) is 0.675. The number of ketones is 1. The minimum Gasteiger partial charge on any atom is -0.398 e. The third-order valence-corrected chi connectivity index (χ3v) is 3.06. The van der Waals surface area contributed by atoms with E-state index in [1.54, 1.807) is 17.8 Å². The first kappa shape index (κ1) is 11.6. The summed E-state index contributed by atoms with van der Waals surface area (Å²) in [7, 11) is 0. The van der Waals surface area contributed by atoms with Gasteiger partial charge in [0, 0.05) is 22.3 Å². The van der Waals surface area contributed by atoms with Crippen molar-refractivity contribution in [1.29, 1.82) is 0 Å². The van der Waals surface area contributed by atoms with E-state index >= 15 is 0 Å². The fourth-order valence-electron chi connectivity index (χ4n) is 1.23. The highest BCUT2D eigenvalue weighted by molar-refractivity contribution is 9.09. The molecule has 0 amide bonds. The lowest BCUT2D eigenvalue weighted by molar-refractivity contribution is 0.0988. The molecule has 0 aliphatic carbocycles. The number of nitrogen functional groups attached to an aromatic ring is 1. The number of hydrogen-bond donors (Lipinski definition) is 1. The Labute approximate surface area is 96.4 Å². The maximum atomic E-state index is 11.7. The normalized spacial score (nSPS) is 10.1. The number of hydrogen-bond acceptors (Lipinski definition) is 3. The molecule has 0 heterocycles. The van der Waals surface area contributed by atoms with Crippen LogP contribution in [0.15, 0.2) is 23.1 Å². The molecule has 0 atom stereocenters. The predicted molar refractivity (Wildman–Crippen MR) is 65.4 cm³/mol. The Bertz CT molecular complexity index is 341. The van der Waals surface area contributed by atoms with E-state index in [-0.39, 0.29) is 5.78 Å². The summed E-state index contributed by atoms with van der Waals surface area (Å²) in [6.45, 7) is 0. The molecule has 0 aliphatic heterocycles. The molecule has 0 radical (unpaired) electrons. The zero-order chi connectivity index (χ0) is 10.6. The van der Waals surface area contributed by atoms with Crippen LogP contribution in [0.5, 0.6) is 0 Å². The van der Waals surface area contributed by atoms with Crippen molar-refractivity contribution in [3.8, 4) is 0 Å². The number of nitrogens with two attached hydrogens (primary N) is 1. The second-order valence-corrected chi connectivity index (χ2v) is 4.43. The molecule has 0 unspecified atom stereocenters. The fourth-order valence-corrected chi connectivity index (χ4v) is 2.24. The van der Waals surface area contributed by atoms with Crippen molar-refractivity contribution >= 4 is 39.2 Å². The molecule has 0 bridgehead atoms. The molecule has 2 N–H and O–H groups in total. The molecule has 14 heavy (non-hydrogen) atoms. The number of benzene rings is 1. The molecule has 0 saturated heterocycles. The Morgan fingerprint density at radius 3 is 2.86 bits per heavy atom. The van der Waals surface area contributed by atoms with E-state index in [1.807, 2.05) is 18.4 Å². The van der Waals surface area contributed by atoms with Gasteiger partial charge in [-0.25, -0.2) is 0 Å². The van der Waals surface area contributed by atoms with Crippen LogP contribution in [0.4, 0.5) is 5.69 Å². The number of rotatable bonds is 4. The summed E-state index contributed by atoms with van der Waals surface area (Å²) < 4.78 is 0. The largest absolute Gasteiger partial charge is 0.398 e. The standard InChI is InChI=1S/C10H12BrNOS/c1-14-9-4-2-3-7(12)10(9)8(13)5-6-11/h2-4H,5-6,12H2,1H3. The molecule has 0 aliphatic rings. The van der Waals surface area contributed by atoms with Gasteiger partial charge in [-0.05, 0) is 18.4 Å². The number of anilines is 1. The molecule has 2 nitrogen and oxygen atoms in total. The predicted octanol–water partition coefficient (Wildman–Crippen LogP) is 2.96. The van der Waals surface area contributed by atoms with Crippen molar-refractivity contribution in [2.45, 2.75) is 11.3 Å². The minimum absolute atomic E-state index is 0.101. The average molecular weight is 274 g/mol. The molecule has 1 aromatic carbocycles. The highest BCUT2D eigenvalue weighted by atomic mass is 79.9. The summed E-state index contributed by atoms with van der Waals surface area (Å²) in [5.74, 6) is 0.101. The van der Waals surface area contributed by atoms with E-state index in [0.29, 0.717) is 23.0 Å². The van der Waals surface area contributed by atoms with Crippen LogP contribution in [0.1, 0.15) is 16.8 Å². The van der Waals surface area contributed by atoms with Gasteiger partial charge in [0.2, 0.25) is 0 Å². The molecule has 0 saturated carbocycles. The van der Waals surface area contributed by atoms with Gasteiger partial charge in [0.1, 0.15) is 0 Å². The van der Waals surface area contributed by atoms with E-state index in [1.165, 1.54) is 0 Å². The zero-order valence-electron chi connectivity index (χ0n) is 7.92. The van der Waals surface area contributed by atoms with Gasteiger partial charge in [-0.15, -0.1) is 11.8 Å². The molecule has 0 spiro atoms. The third kappa shape index (κ3) is 2.51. The maximum Gasteiger partial charge on any atom is 0.166 e. The van der Waals surface area contributed by atoms with Gasteiger partial charge in [-0.3, -0.25) is 4.79 Å². The first-order valence-electron chi connectivity index (χ1n) is 4.22. The van der Waals surface area contributed by atoms with Gasteiger partial charge in [0.15, 0.2) is 5.78 Å². The smallest absolute Gasteiger partial charge is 0.166 e. The van der Waals surface area contributed by atoms with Crippen molar-refractivity contribution < 1.29 is 4.79 Å². The van der Waals surface area contributed by atoms with Crippen LogP contribution in [0.2, 0.25) is 0 Å². The first-order chi connectivity index (χ1) is 6.70. The number of halogens is 1. The van der Waals surface area contributed by atoms with E-state index in [4.69, 9.17) is 5.73 Å². The number of carbonyl (C=O) groups is 1. The van der Waals surface area contributed by atoms with Crippen molar-refractivity contribution in [2.75, 3.05) is 17.3 Å². The Kier molecular flexibility index (Phi) is 4.48. The summed E-state index contributed by atoms with van der Waals surface area (Å²) in [4.78, 5) is 12.7. The molecule has 76 valence electrons. The number of Topliss-reactive ketones (excluding diaryl/α,β-unsaturated/α-hetero) is 1. The Hall–Kier alpha value is -0.480. The average Bonchev–Trinajstić information content (AvgIpc) is 2.17. The van der Waals surface area contributed by atoms with Crippen LogP contribution in [0, 0.1) is 0 Å². The fraction of sp³-hybridized carbons (Fsp3) is 0.300. The summed E-state index contributed by atoms with van der Waals surface area (Å²) in [6, 6.07) is 5.55. The van der Waals surface area contributed by atoms with Gasteiger partial charge in [-0.2, -0.15) is 0 Å². The van der Waals surface area contributed by atoms with Crippen LogP contribution < -0.4 is 5.73 Å². The van der Waals surface area contributed by atoms with Crippen molar-refractivity contribution in [3.05, 3.63) is 23.8 Å². The number of thioether (sulfide) groups is 1. The lowest BCUT2D eigenvalue weighted by Crippen LogP contribution is -2.05. The Morgan fingerprint density at radius 2 is 2.29 bits per heavy atom. The van der Waals surface area contributed by atoms with E-state index in [2.05, 4.69) is 15.9 Å². The highest BCUT2D eigenvalue weighted by Gasteiger charge is 2.13. The van der Waals surface area contributed by atoms with Crippen LogP contribution in [0.25, 0.3) is 0 Å². The molecule has 0 aromatic heterocycles. The molecular formula is C10H12BrNOS. The van der Waals surface area contributed by atoms with Crippen LogP contribution in [-0.4, -0.2) is 17.4 Å². The molecule has 1 rings (SSSR count). The van der Waals surface area contributed by atoms with Gasteiger partial charge in [-0.1, -0.05) is 22.0 Å². The van der Waals surface area contributed by atoms with Crippen LogP contribution in [0.3, 0.4) is 0 Å². The van der Waals surface area contributed by atoms with Crippen LogP contribution in [-0.2, 0) is 0 Å². The van der Waals surface area contributed by atoms with E-state index in [0.717, 1.165) is 4.90 Å². The van der Waals surface area contributed by atoms with Crippen molar-refractivity contribution in [2.24, 2.45) is 0 Å². The van der Waals surface area contributed by atoms with Gasteiger partial charge >= 0.3 is 0 Å². The molecule has 1 aromatic rings. The summed E-state index contributed by atoms with van der Waals surface area (Å²) in [5.41, 5.74) is 7.02. The second kappa shape index (κ2) is 5.41. The maximum absolute atomic E-state index is 11.7. The summed E-state index contributed by atoms with van der Waals surface area (Å²) >= 11 is 4.80. The SMILES string of the molecule is CSc1cccc(N)c1C(=O)CCBr. The monoisotopic (exact) mass is 273 g/mol. The third-order valence-electron chi connectivity index (χ3n) is 1.88.